The third-order valence-corrected chi connectivity index (χ3v) is 5.78. The largest absolute Gasteiger partial charge is 0.422 e. The number of aryl methyl sites for hydroxylation is 1. The number of hydrogen-bond acceptors (Lipinski definition) is 5. The first-order valence-electron chi connectivity index (χ1n) is 11.3. The average Bonchev–Trinajstić information content (AvgIpc) is 2.91. The first-order valence-corrected chi connectivity index (χ1v) is 12.1. The Labute approximate surface area is 222 Å². The van der Waals surface area contributed by atoms with E-state index in [2.05, 4.69) is 31.8 Å². The molecule has 184 valence electrons. The van der Waals surface area contributed by atoms with Crippen molar-refractivity contribution >= 4 is 45.6 Å². The summed E-state index contributed by atoms with van der Waals surface area (Å²) in [6, 6.07) is 27.5. The molecule has 4 aromatic rings. The minimum Gasteiger partial charge on any atom is -0.422 e. The number of ether oxygens (including phenoxy) is 1. The van der Waals surface area contributed by atoms with E-state index in [4.69, 9.17) is 4.74 Å². The fourth-order valence-electron chi connectivity index (χ4n) is 3.36. The molecule has 0 radical (unpaired) electrons. The smallest absolute Gasteiger partial charge is 0.343 e. The number of carbonyl (C=O) groups excluding carboxylic acids is 3. The topological polar surface area (TPSA) is 96.9 Å². The highest BCUT2D eigenvalue weighted by atomic mass is 79.9. The average molecular weight is 556 g/mol. The van der Waals surface area contributed by atoms with Crippen molar-refractivity contribution in [3.63, 3.8) is 0 Å². The number of benzene rings is 4. The van der Waals surface area contributed by atoms with E-state index < -0.39 is 11.9 Å². The molecule has 0 bridgehead atoms. The molecule has 4 aromatic carbocycles. The number of halogens is 1. The Bertz CT molecular complexity index is 1470. The first-order chi connectivity index (χ1) is 17.9. The highest BCUT2D eigenvalue weighted by Gasteiger charge is 2.14. The number of nitrogens with one attached hydrogen (secondary N) is 2. The molecule has 0 aliphatic heterocycles. The van der Waals surface area contributed by atoms with Crippen LogP contribution in [0.15, 0.2) is 107 Å². The summed E-state index contributed by atoms with van der Waals surface area (Å²) in [7, 11) is 0. The fraction of sp³-hybridized carbons (Fsp3) is 0.0345. The minimum absolute atomic E-state index is 0.240. The van der Waals surface area contributed by atoms with Crippen molar-refractivity contribution in [1.82, 2.24) is 5.43 Å². The minimum atomic E-state index is -0.520. The van der Waals surface area contributed by atoms with Crippen LogP contribution in [0.1, 0.15) is 42.2 Å². The predicted molar refractivity (Wildman–Crippen MR) is 146 cm³/mol. The molecule has 0 spiro atoms. The van der Waals surface area contributed by atoms with Crippen LogP contribution in [0.3, 0.4) is 0 Å². The standard InChI is InChI=1S/C29H22BrN3O4/c1-19-11-13-21(14-12-19)29(36)37-26-16-15-23(30)17-22(26)18-31-33-28(35)24-9-5-6-10-25(24)32-27(34)20-7-3-2-4-8-20/h2-18H,1H3,(H,32,34)(H,33,35)/b31-18-. The van der Waals surface area contributed by atoms with Gasteiger partial charge in [-0.3, -0.25) is 9.59 Å². The van der Waals surface area contributed by atoms with E-state index in [1.807, 2.05) is 25.1 Å². The van der Waals surface area contributed by atoms with Gasteiger partial charge in [-0.25, -0.2) is 10.2 Å². The van der Waals surface area contributed by atoms with Crippen LogP contribution in [0, 0.1) is 6.92 Å². The van der Waals surface area contributed by atoms with Gasteiger partial charge in [0.2, 0.25) is 0 Å². The molecular formula is C29H22BrN3O4. The summed E-state index contributed by atoms with van der Waals surface area (Å²) in [4.78, 5) is 38.0. The highest BCUT2D eigenvalue weighted by Crippen LogP contribution is 2.23. The van der Waals surface area contributed by atoms with Crippen molar-refractivity contribution in [2.45, 2.75) is 6.92 Å². The van der Waals surface area contributed by atoms with Crippen LogP contribution >= 0.6 is 15.9 Å². The zero-order valence-electron chi connectivity index (χ0n) is 19.8. The van der Waals surface area contributed by atoms with E-state index in [1.54, 1.807) is 78.9 Å². The summed E-state index contributed by atoms with van der Waals surface area (Å²) in [5.41, 5.74) is 5.44. The lowest BCUT2D eigenvalue weighted by Crippen LogP contribution is -2.21. The van der Waals surface area contributed by atoms with Crippen molar-refractivity contribution in [2.24, 2.45) is 5.10 Å². The molecule has 0 saturated heterocycles. The lowest BCUT2D eigenvalue weighted by Gasteiger charge is -2.10. The molecular weight excluding hydrogens is 534 g/mol. The van der Waals surface area contributed by atoms with E-state index in [1.165, 1.54) is 6.21 Å². The van der Waals surface area contributed by atoms with Gasteiger partial charge in [0.15, 0.2) is 0 Å². The maximum Gasteiger partial charge on any atom is 0.343 e. The first kappa shape index (κ1) is 25.5. The summed E-state index contributed by atoms with van der Waals surface area (Å²) in [5.74, 6) is -1.08. The molecule has 7 nitrogen and oxygen atoms in total. The van der Waals surface area contributed by atoms with Gasteiger partial charge in [0.1, 0.15) is 5.75 Å². The molecule has 0 fully saturated rings. The van der Waals surface area contributed by atoms with Crippen LogP contribution in [-0.2, 0) is 0 Å². The van der Waals surface area contributed by atoms with Crippen molar-refractivity contribution in [2.75, 3.05) is 5.32 Å². The Balaban J connectivity index is 1.47. The summed E-state index contributed by atoms with van der Waals surface area (Å²) < 4.78 is 6.30. The van der Waals surface area contributed by atoms with E-state index in [0.29, 0.717) is 22.4 Å². The number of hydrogen-bond donors (Lipinski definition) is 2. The zero-order chi connectivity index (χ0) is 26.2. The fourth-order valence-corrected chi connectivity index (χ4v) is 3.74. The Morgan fingerprint density at radius 3 is 2.27 bits per heavy atom. The maximum atomic E-state index is 12.8. The van der Waals surface area contributed by atoms with Crippen LogP contribution in [0.4, 0.5) is 5.69 Å². The molecule has 37 heavy (non-hydrogen) atoms. The molecule has 0 saturated carbocycles. The number of para-hydroxylation sites is 1. The van der Waals surface area contributed by atoms with Gasteiger partial charge in [-0.1, -0.05) is 64.0 Å². The summed E-state index contributed by atoms with van der Waals surface area (Å²) in [5, 5.41) is 6.80. The van der Waals surface area contributed by atoms with Crippen LogP contribution in [0.5, 0.6) is 5.75 Å². The molecule has 0 heterocycles. The molecule has 2 N–H and O–H groups in total. The van der Waals surface area contributed by atoms with Crippen LogP contribution in [0.25, 0.3) is 0 Å². The summed E-state index contributed by atoms with van der Waals surface area (Å²) in [6.07, 6.45) is 1.38. The van der Waals surface area contributed by atoms with Gasteiger partial charge < -0.3 is 10.1 Å². The number of hydrazone groups is 1. The van der Waals surface area contributed by atoms with Gasteiger partial charge >= 0.3 is 5.97 Å². The zero-order valence-corrected chi connectivity index (χ0v) is 21.4. The maximum absolute atomic E-state index is 12.8. The van der Waals surface area contributed by atoms with Gasteiger partial charge in [0, 0.05) is 15.6 Å². The molecule has 0 aliphatic rings. The van der Waals surface area contributed by atoms with Gasteiger partial charge in [-0.05, 0) is 61.5 Å². The van der Waals surface area contributed by atoms with Crippen LogP contribution in [0.2, 0.25) is 0 Å². The number of nitrogens with zero attached hydrogens (tertiary/aromatic N) is 1. The number of rotatable bonds is 7. The SMILES string of the molecule is Cc1ccc(C(=O)Oc2ccc(Br)cc2/C=N\NC(=O)c2ccccc2NC(=O)c2ccccc2)cc1. The van der Waals surface area contributed by atoms with Crippen molar-refractivity contribution < 1.29 is 19.1 Å². The number of esters is 1. The van der Waals surface area contributed by atoms with E-state index in [9.17, 15) is 14.4 Å². The monoisotopic (exact) mass is 555 g/mol. The van der Waals surface area contributed by atoms with Gasteiger partial charge in [0.25, 0.3) is 11.8 Å². The number of anilines is 1. The van der Waals surface area contributed by atoms with Crippen molar-refractivity contribution in [3.8, 4) is 5.75 Å². The van der Waals surface area contributed by atoms with Gasteiger partial charge in [-0.15, -0.1) is 0 Å². The normalized spacial score (nSPS) is 10.6. The third kappa shape index (κ3) is 6.77. The molecule has 0 aliphatic carbocycles. The Morgan fingerprint density at radius 2 is 1.51 bits per heavy atom. The second-order valence-corrected chi connectivity index (χ2v) is 8.92. The third-order valence-electron chi connectivity index (χ3n) is 5.29. The molecule has 2 amide bonds. The molecule has 4 rings (SSSR count). The second kappa shape index (κ2) is 11.9. The van der Waals surface area contributed by atoms with Crippen LogP contribution in [-0.4, -0.2) is 24.0 Å². The van der Waals surface area contributed by atoms with Crippen molar-refractivity contribution in [1.29, 1.82) is 0 Å². The second-order valence-electron chi connectivity index (χ2n) is 8.00. The number of carbonyl (C=O) groups is 3. The molecule has 0 aromatic heterocycles. The molecule has 0 unspecified atom stereocenters. The van der Waals surface area contributed by atoms with E-state index >= 15 is 0 Å². The molecule has 0 atom stereocenters. The van der Waals surface area contributed by atoms with Gasteiger partial charge in [-0.2, -0.15) is 5.10 Å². The Morgan fingerprint density at radius 1 is 0.811 bits per heavy atom. The molecule has 8 heteroatoms. The van der Waals surface area contributed by atoms with E-state index in [-0.39, 0.29) is 17.2 Å². The van der Waals surface area contributed by atoms with Crippen molar-refractivity contribution in [3.05, 3.63) is 129 Å². The van der Waals surface area contributed by atoms with Gasteiger partial charge in [0.05, 0.1) is 23.0 Å². The summed E-state index contributed by atoms with van der Waals surface area (Å²) >= 11 is 3.39. The number of amides is 2. The van der Waals surface area contributed by atoms with E-state index in [0.717, 1.165) is 10.0 Å². The highest BCUT2D eigenvalue weighted by molar-refractivity contribution is 9.10. The lowest BCUT2D eigenvalue weighted by atomic mass is 10.1. The summed E-state index contributed by atoms with van der Waals surface area (Å²) in [6.45, 7) is 1.93. The predicted octanol–water partition coefficient (Wildman–Crippen LogP) is 5.99. The Hall–Kier alpha value is -4.56. The lowest BCUT2D eigenvalue weighted by molar-refractivity contribution is 0.0733. The quantitative estimate of drug-likeness (QED) is 0.126. The Kier molecular flexibility index (Phi) is 8.22. The van der Waals surface area contributed by atoms with Crippen LogP contribution < -0.4 is 15.5 Å².